The van der Waals surface area contributed by atoms with Gasteiger partial charge in [0.05, 0.1) is 39.1 Å². The van der Waals surface area contributed by atoms with E-state index in [0.717, 1.165) is 99.3 Å². The molecule has 13 rings (SSSR count). The highest BCUT2D eigenvalue weighted by Crippen LogP contribution is 2.40. The number of hydrogen-bond donors (Lipinski definition) is 0. The molecule has 4 aromatic heterocycles. The van der Waals surface area contributed by atoms with Crippen LogP contribution in [-0.4, -0.2) is 19.9 Å². The number of fused-ring (bicyclic) bond motifs is 6. The van der Waals surface area contributed by atoms with Gasteiger partial charge in [0.25, 0.3) is 0 Å². The van der Waals surface area contributed by atoms with Crippen molar-refractivity contribution in [3.63, 3.8) is 0 Å². The predicted octanol–water partition coefficient (Wildman–Crippen LogP) is 14.6. The zero-order valence-electron chi connectivity index (χ0n) is 32.3. The third-order valence-corrected chi connectivity index (χ3v) is 12.4. The Morgan fingerprint density at radius 1 is 0.283 bits per heavy atom. The lowest BCUT2D eigenvalue weighted by Crippen LogP contribution is -1.90. The van der Waals surface area contributed by atoms with E-state index in [1.165, 1.54) is 32.3 Å². The topological polar surface area (TPSA) is 51.6 Å². The molecule has 4 heteroatoms. The van der Waals surface area contributed by atoms with Crippen molar-refractivity contribution in [1.82, 2.24) is 19.9 Å². The molecule has 0 bridgehead atoms. The highest BCUT2D eigenvalue weighted by Gasteiger charge is 2.14. The number of hydrogen-bond acceptors (Lipinski definition) is 4. The van der Waals surface area contributed by atoms with Crippen molar-refractivity contribution in [3.05, 3.63) is 194 Å². The van der Waals surface area contributed by atoms with Gasteiger partial charge in [0.15, 0.2) is 0 Å². The molecular weight excluding hydrogens is 729 g/mol. The molecule has 0 atom stereocenters. The fourth-order valence-corrected chi connectivity index (χ4v) is 9.32. The Labute approximate surface area is 344 Å². The van der Waals surface area contributed by atoms with Crippen LogP contribution in [0.1, 0.15) is 0 Å². The monoisotopic (exact) mass is 760 g/mol. The molecule has 13 aromatic rings. The van der Waals surface area contributed by atoms with Gasteiger partial charge in [0.2, 0.25) is 0 Å². The quantitative estimate of drug-likeness (QED) is 0.168. The first-order valence-corrected chi connectivity index (χ1v) is 20.3. The maximum Gasteiger partial charge on any atom is 0.0972 e. The zero-order valence-corrected chi connectivity index (χ0v) is 32.3. The molecule has 4 nitrogen and oxygen atoms in total. The smallest absolute Gasteiger partial charge is 0.0972 e. The van der Waals surface area contributed by atoms with Gasteiger partial charge in [-0.25, -0.2) is 15.0 Å². The molecule has 0 unspecified atom stereocenters. The van der Waals surface area contributed by atoms with E-state index < -0.39 is 0 Å². The number of aromatic nitrogens is 4. The van der Waals surface area contributed by atoms with E-state index in [-0.39, 0.29) is 0 Å². The predicted molar refractivity (Wildman–Crippen MR) is 251 cm³/mol. The summed E-state index contributed by atoms with van der Waals surface area (Å²) in [6.45, 7) is 0. The minimum absolute atomic E-state index is 0.926. The Hall–Kier alpha value is -8.08. The molecule has 9 aromatic carbocycles. The van der Waals surface area contributed by atoms with E-state index in [2.05, 4.69) is 187 Å². The van der Waals surface area contributed by atoms with Gasteiger partial charge in [0.1, 0.15) is 0 Å². The number of benzene rings is 9. The van der Waals surface area contributed by atoms with Crippen molar-refractivity contribution in [2.24, 2.45) is 0 Å². The lowest BCUT2D eigenvalue weighted by Gasteiger charge is -2.14. The molecule has 0 aliphatic heterocycles. The van der Waals surface area contributed by atoms with Crippen LogP contribution in [0.4, 0.5) is 0 Å². The van der Waals surface area contributed by atoms with Crippen LogP contribution in [0.5, 0.6) is 0 Å². The van der Waals surface area contributed by atoms with Crippen molar-refractivity contribution in [1.29, 1.82) is 0 Å². The fraction of sp³-hybridized carbons (Fsp3) is 0. The van der Waals surface area contributed by atoms with Gasteiger partial charge in [-0.2, -0.15) is 0 Å². The van der Waals surface area contributed by atoms with E-state index in [1.54, 1.807) is 0 Å². The molecule has 0 saturated carbocycles. The van der Waals surface area contributed by atoms with Crippen LogP contribution in [0.2, 0.25) is 0 Å². The van der Waals surface area contributed by atoms with Gasteiger partial charge in [-0.3, -0.25) is 4.98 Å². The molecule has 60 heavy (non-hydrogen) atoms. The lowest BCUT2D eigenvalue weighted by molar-refractivity contribution is 1.37. The molecule has 4 heterocycles. The second-order valence-electron chi connectivity index (χ2n) is 15.9. The largest absolute Gasteiger partial charge is 0.254 e. The Morgan fingerprint density at radius 3 is 1.65 bits per heavy atom. The van der Waals surface area contributed by atoms with Crippen LogP contribution in [0, 0.1) is 0 Å². The van der Waals surface area contributed by atoms with Gasteiger partial charge in [-0.15, -0.1) is 0 Å². The maximum atomic E-state index is 5.20. The summed E-state index contributed by atoms with van der Waals surface area (Å²) in [6, 6.07) is 67.4. The van der Waals surface area contributed by atoms with Crippen LogP contribution in [0.25, 0.3) is 132 Å². The van der Waals surface area contributed by atoms with Crippen molar-refractivity contribution in [2.75, 3.05) is 0 Å². The Kier molecular flexibility index (Phi) is 6.98. The highest BCUT2D eigenvalue weighted by molar-refractivity contribution is 6.25. The van der Waals surface area contributed by atoms with Crippen LogP contribution in [0.15, 0.2) is 194 Å². The van der Waals surface area contributed by atoms with Crippen molar-refractivity contribution < 1.29 is 0 Å². The van der Waals surface area contributed by atoms with Gasteiger partial charge < -0.3 is 0 Å². The number of pyridine rings is 4. The molecular formula is C56H32N4. The van der Waals surface area contributed by atoms with Crippen LogP contribution in [-0.2, 0) is 0 Å². The van der Waals surface area contributed by atoms with Crippen molar-refractivity contribution in [2.45, 2.75) is 0 Å². The van der Waals surface area contributed by atoms with Gasteiger partial charge in [0, 0.05) is 44.4 Å². The SMILES string of the molecule is c1cnc2c(c1)ccc1ccc(-c3ccc4cc(-c5ccc6ccc(-c7ccc8nc(-c9ccc%10ccc%11cccc%12ccc9c%10c%11%12)ccc8c7)cc6n5)ccc4c3)nc12. The average Bonchev–Trinajstić information content (AvgIpc) is 3.32. The second kappa shape index (κ2) is 12.7. The summed E-state index contributed by atoms with van der Waals surface area (Å²) in [5.41, 5.74) is 12.3. The summed E-state index contributed by atoms with van der Waals surface area (Å²) in [5, 5.41) is 14.4. The average molecular weight is 761 g/mol. The van der Waals surface area contributed by atoms with Gasteiger partial charge in [-0.05, 0) is 109 Å². The van der Waals surface area contributed by atoms with E-state index >= 15 is 0 Å². The minimum atomic E-state index is 0.926. The molecule has 0 fully saturated rings. The maximum absolute atomic E-state index is 5.20. The van der Waals surface area contributed by atoms with E-state index in [1.807, 2.05) is 12.3 Å². The summed E-state index contributed by atoms with van der Waals surface area (Å²) in [6.07, 6.45) is 1.83. The van der Waals surface area contributed by atoms with E-state index in [9.17, 15) is 0 Å². The summed E-state index contributed by atoms with van der Waals surface area (Å²) in [7, 11) is 0. The first-order chi connectivity index (χ1) is 29.7. The molecule has 0 saturated heterocycles. The van der Waals surface area contributed by atoms with Crippen LogP contribution in [0.3, 0.4) is 0 Å². The first-order valence-electron chi connectivity index (χ1n) is 20.3. The fourth-order valence-electron chi connectivity index (χ4n) is 9.32. The van der Waals surface area contributed by atoms with Crippen molar-refractivity contribution >= 4 is 86.7 Å². The summed E-state index contributed by atoms with van der Waals surface area (Å²) >= 11 is 0. The van der Waals surface area contributed by atoms with Gasteiger partial charge >= 0.3 is 0 Å². The normalized spacial score (nSPS) is 12.0. The zero-order chi connectivity index (χ0) is 39.3. The molecule has 0 amide bonds. The van der Waals surface area contributed by atoms with Crippen LogP contribution >= 0.6 is 0 Å². The van der Waals surface area contributed by atoms with E-state index in [4.69, 9.17) is 15.0 Å². The Balaban J connectivity index is 0.812. The molecule has 0 aliphatic rings. The lowest BCUT2D eigenvalue weighted by atomic mass is 9.91. The molecule has 276 valence electrons. The number of nitrogens with zero attached hydrogens (tertiary/aromatic N) is 4. The summed E-state index contributed by atoms with van der Waals surface area (Å²) < 4.78 is 0. The van der Waals surface area contributed by atoms with Gasteiger partial charge in [-0.1, -0.05) is 133 Å². The highest BCUT2D eigenvalue weighted by atomic mass is 14.8. The molecule has 0 spiro atoms. The second-order valence-corrected chi connectivity index (χ2v) is 15.9. The third kappa shape index (κ3) is 5.18. The summed E-state index contributed by atoms with van der Waals surface area (Å²) in [5.74, 6) is 0. The molecule has 0 N–H and O–H groups in total. The standard InChI is InChI=1S/C56H32N4/c1-3-34-7-8-36-16-22-46(47-23-17-35(4-1)53(34)54(36)47)51-27-21-45-31-41(20-26-48(45)58-51)42-11-6-33-18-24-49(59-52(33)32-42)43-14-12-40-30-44(15-13-39(40)29-43)50-25-19-38-10-9-37-5-2-28-57-55(37)56(38)60-50/h1-32H. The molecule has 0 radical (unpaired) electrons. The summed E-state index contributed by atoms with van der Waals surface area (Å²) in [4.78, 5) is 20.1. The Bertz CT molecular complexity index is 3890. The van der Waals surface area contributed by atoms with Crippen molar-refractivity contribution in [3.8, 4) is 44.9 Å². The van der Waals surface area contributed by atoms with Crippen LogP contribution < -0.4 is 0 Å². The number of rotatable bonds is 4. The third-order valence-electron chi connectivity index (χ3n) is 12.4. The minimum Gasteiger partial charge on any atom is -0.254 e. The molecule has 0 aliphatic carbocycles. The van der Waals surface area contributed by atoms with E-state index in [0.29, 0.717) is 0 Å². The Morgan fingerprint density at radius 2 is 0.817 bits per heavy atom. The first kappa shape index (κ1) is 32.9.